The highest BCUT2D eigenvalue weighted by atomic mass is 32.1. The lowest BCUT2D eigenvalue weighted by molar-refractivity contribution is -0.147. The minimum absolute atomic E-state index is 0.0809. The minimum Gasteiger partial charge on any atom is -0.481 e. The van der Waals surface area contributed by atoms with Gasteiger partial charge in [-0.15, -0.1) is 11.3 Å². The molecule has 164 valence electrons. The Labute approximate surface area is 181 Å². The Balaban J connectivity index is 1.59. The first kappa shape index (κ1) is 21.3. The lowest BCUT2D eigenvalue weighted by Crippen LogP contribution is -2.37. The van der Waals surface area contributed by atoms with E-state index in [1.165, 1.54) is 16.2 Å². The van der Waals surface area contributed by atoms with Crippen LogP contribution in [0.15, 0.2) is 0 Å². The number of hydrogen-bond donors (Lipinski definition) is 3. The van der Waals surface area contributed by atoms with Crippen molar-refractivity contribution < 1.29 is 19.5 Å². The number of hydrogen-bond acceptors (Lipinski definition) is 4. The van der Waals surface area contributed by atoms with E-state index in [-0.39, 0.29) is 17.9 Å². The minimum atomic E-state index is -0.895. The first-order valence-corrected chi connectivity index (χ1v) is 12.2. The summed E-state index contributed by atoms with van der Waals surface area (Å²) in [7, 11) is 0. The number of carbonyl (C=O) groups is 3. The molecule has 7 heteroatoms. The molecule has 0 aliphatic heterocycles. The third kappa shape index (κ3) is 4.41. The molecule has 0 spiro atoms. The normalized spacial score (nSPS) is 26.8. The number of anilines is 1. The highest BCUT2D eigenvalue weighted by molar-refractivity contribution is 7.17. The molecule has 3 aliphatic rings. The summed E-state index contributed by atoms with van der Waals surface area (Å²) in [4.78, 5) is 39.1. The topological polar surface area (TPSA) is 95.5 Å². The molecule has 0 bridgehead atoms. The van der Waals surface area contributed by atoms with Crippen LogP contribution >= 0.6 is 11.3 Å². The van der Waals surface area contributed by atoms with Crippen LogP contribution in [-0.4, -0.2) is 28.9 Å². The van der Waals surface area contributed by atoms with Crippen LogP contribution in [0.5, 0.6) is 0 Å². The van der Waals surface area contributed by atoms with E-state index in [0.717, 1.165) is 63.4 Å². The van der Waals surface area contributed by atoms with Gasteiger partial charge >= 0.3 is 5.97 Å². The fourth-order valence-electron chi connectivity index (χ4n) is 5.35. The highest BCUT2D eigenvalue weighted by Crippen LogP contribution is 2.41. The van der Waals surface area contributed by atoms with Gasteiger partial charge in [-0.3, -0.25) is 14.4 Å². The summed E-state index contributed by atoms with van der Waals surface area (Å²) in [6.07, 6.45) is 10.0. The van der Waals surface area contributed by atoms with E-state index in [1.807, 2.05) is 0 Å². The summed E-state index contributed by atoms with van der Waals surface area (Å²) < 4.78 is 0. The van der Waals surface area contributed by atoms with Crippen molar-refractivity contribution >= 4 is 34.1 Å². The smallest absolute Gasteiger partial charge is 0.307 e. The lowest BCUT2D eigenvalue weighted by atomic mass is 9.78. The zero-order valence-corrected chi connectivity index (χ0v) is 18.5. The maximum Gasteiger partial charge on any atom is 0.307 e. The van der Waals surface area contributed by atoms with Gasteiger partial charge in [0.25, 0.3) is 5.91 Å². The molecule has 0 radical (unpaired) electrons. The van der Waals surface area contributed by atoms with Crippen LogP contribution in [0.4, 0.5) is 5.00 Å². The van der Waals surface area contributed by atoms with Crippen LogP contribution in [0.3, 0.4) is 0 Å². The molecule has 1 aromatic rings. The predicted molar refractivity (Wildman–Crippen MR) is 117 cm³/mol. The second kappa shape index (κ2) is 9.08. The number of thiophene rings is 1. The number of nitrogens with one attached hydrogen (secondary N) is 2. The van der Waals surface area contributed by atoms with Crippen LogP contribution in [0.2, 0.25) is 0 Å². The summed E-state index contributed by atoms with van der Waals surface area (Å²) in [6.45, 7) is 2.22. The van der Waals surface area contributed by atoms with Gasteiger partial charge in [-0.25, -0.2) is 0 Å². The number of carboxylic acids is 1. The Bertz CT molecular complexity index is 827. The molecule has 0 aromatic carbocycles. The second-order valence-corrected chi connectivity index (χ2v) is 10.4. The molecule has 3 aliphatic carbocycles. The zero-order valence-electron chi connectivity index (χ0n) is 17.7. The lowest BCUT2D eigenvalue weighted by Gasteiger charge is -2.27. The molecule has 6 nitrogen and oxygen atoms in total. The molecule has 2 fully saturated rings. The van der Waals surface area contributed by atoms with Gasteiger partial charge in [0.15, 0.2) is 0 Å². The van der Waals surface area contributed by atoms with Crippen molar-refractivity contribution in [2.24, 2.45) is 17.8 Å². The van der Waals surface area contributed by atoms with Gasteiger partial charge in [-0.2, -0.15) is 0 Å². The largest absolute Gasteiger partial charge is 0.481 e. The van der Waals surface area contributed by atoms with E-state index in [1.54, 1.807) is 0 Å². The molecule has 3 N–H and O–H groups in total. The highest BCUT2D eigenvalue weighted by Gasteiger charge is 2.37. The molecule has 1 heterocycles. The van der Waals surface area contributed by atoms with Crippen molar-refractivity contribution in [1.29, 1.82) is 0 Å². The Hall–Kier alpha value is -1.89. The van der Waals surface area contributed by atoms with Crippen LogP contribution in [-0.2, 0) is 22.4 Å². The quantitative estimate of drug-likeness (QED) is 0.644. The fourth-order valence-corrected chi connectivity index (χ4v) is 6.76. The molecule has 4 rings (SSSR count). The number of fused-ring (bicyclic) bond motifs is 1. The summed E-state index contributed by atoms with van der Waals surface area (Å²) in [5.74, 6) is -1.82. The standard InChI is InChI=1S/C23H32N2O4S/c1-13-10-11-17-18(12-13)30-22(19(17)21(27)24-14-6-2-3-7-14)25-20(26)15-8-4-5-9-16(15)23(28)29/h13-16H,2-12H2,1H3,(H,24,27)(H,25,26)(H,28,29)/t13-,15-,16-/m0/s1. The van der Waals surface area contributed by atoms with Crippen molar-refractivity contribution in [3.05, 3.63) is 16.0 Å². The first-order valence-electron chi connectivity index (χ1n) is 11.4. The average Bonchev–Trinajstić information content (AvgIpc) is 3.34. The molecule has 2 saturated carbocycles. The van der Waals surface area contributed by atoms with E-state index in [0.29, 0.717) is 29.3 Å². The van der Waals surface area contributed by atoms with Crippen molar-refractivity contribution in [2.45, 2.75) is 83.6 Å². The predicted octanol–water partition coefficient (Wildman–Crippen LogP) is 4.37. The van der Waals surface area contributed by atoms with E-state index in [2.05, 4.69) is 17.6 Å². The Morgan fingerprint density at radius 1 is 0.967 bits per heavy atom. The average molecular weight is 433 g/mol. The van der Waals surface area contributed by atoms with Gasteiger partial charge in [0.05, 0.1) is 17.4 Å². The zero-order chi connectivity index (χ0) is 21.3. The SMILES string of the molecule is C[C@H]1CCc2c(sc(NC(=O)[C@H]3CCCC[C@@H]3C(=O)O)c2C(=O)NC2CCCC2)C1. The van der Waals surface area contributed by atoms with Gasteiger partial charge in [0, 0.05) is 10.9 Å². The summed E-state index contributed by atoms with van der Waals surface area (Å²) in [5, 5.41) is 16.3. The van der Waals surface area contributed by atoms with Crippen molar-refractivity contribution in [3.63, 3.8) is 0 Å². The van der Waals surface area contributed by atoms with Crippen molar-refractivity contribution in [3.8, 4) is 0 Å². The van der Waals surface area contributed by atoms with Crippen molar-refractivity contribution in [1.82, 2.24) is 5.32 Å². The maximum absolute atomic E-state index is 13.2. The van der Waals surface area contributed by atoms with E-state index >= 15 is 0 Å². The number of aliphatic carboxylic acids is 1. The number of rotatable bonds is 5. The molecule has 0 saturated heterocycles. The summed E-state index contributed by atoms with van der Waals surface area (Å²) in [6, 6.07) is 0.217. The third-order valence-electron chi connectivity index (χ3n) is 7.09. The van der Waals surface area contributed by atoms with Crippen LogP contribution < -0.4 is 10.6 Å². The van der Waals surface area contributed by atoms with E-state index < -0.39 is 17.8 Å². The fraction of sp³-hybridized carbons (Fsp3) is 0.696. The van der Waals surface area contributed by atoms with Crippen LogP contribution in [0.25, 0.3) is 0 Å². The van der Waals surface area contributed by atoms with E-state index in [9.17, 15) is 19.5 Å². The third-order valence-corrected chi connectivity index (χ3v) is 8.26. The van der Waals surface area contributed by atoms with Gasteiger partial charge in [-0.1, -0.05) is 32.6 Å². The van der Waals surface area contributed by atoms with Crippen LogP contribution in [0, 0.1) is 17.8 Å². The Morgan fingerprint density at radius 3 is 2.33 bits per heavy atom. The maximum atomic E-state index is 13.2. The molecular formula is C23H32N2O4S. The molecule has 1 aromatic heterocycles. The summed E-state index contributed by atoms with van der Waals surface area (Å²) >= 11 is 1.51. The number of carbonyl (C=O) groups excluding carboxylic acids is 2. The molecule has 2 amide bonds. The van der Waals surface area contributed by atoms with Gasteiger partial charge in [-0.05, 0) is 56.4 Å². The molecule has 3 atom stereocenters. The van der Waals surface area contributed by atoms with E-state index in [4.69, 9.17) is 0 Å². The number of carboxylic acid groups (broad SMARTS) is 1. The van der Waals surface area contributed by atoms with Gasteiger partial charge < -0.3 is 15.7 Å². The number of amides is 2. The summed E-state index contributed by atoms with van der Waals surface area (Å²) in [5.41, 5.74) is 1.71. The Kier molecular flexibility index (Phi) is 6.46. The molecular weight excluding hydrogens is 400 g/mol. The monoisotopic (exact) mass is 432 g/mol. The second-order valence-electron chi connectivity index (χ2n) is 9.34. The van der Waals surface area contributed by atoms with Gasteiger partial charge in [0.2, 0.25) is 5.91 Å². The van der Waals surface area contributed by atoms with Crippen LogP contribution in [0.1, 0.15) is 85.5 Å². The van der Waals surface area contributed by atoms with Crippen molar-refractivity contribution in [2.75, 3.05) is 5.32 Å². The first-order chi connectivity index (χ1) is 14.4. The molecule has 0 unspecified atom stereocenters. The van der Waals surface area contributed by atoms with Gasteiger partial charge in [0.1, 0.15) is 5.00 Å². The molecule has 30 heavy (non-hydrogen) atoms. The Morgan fingerprint density at radius 2 is 1.63 bits per heavy atom.